The average molecular weight is 541 g/mol. The number of carboxylic acid groups (broad SMARTS) is 1. The van der Waals surface area contributed by atoms with Crippen LogP contribution in [-0.2, 0) is 44.7 Å². The third-order valence-corrected chi connectivity index (χ3v) is 3.92. The van der Waals surface area contributed by atoms with E-state index in [1.54, 1.807) is 18.3 Å². The van der Waals surface area contributed by atoms with Gasteiger partial charge in [-0.2, -0.15) is 10.2 Å². The van der Waals surface area contributed by atoms with E-state index in [1.165, 1.54) is 23.3 Å². The van der Waals surface area contributed by atoms with Crippen molar-refractivity contribution in [3.63, 3.8) is 0 Å². The number of carbonyl (C=O) groups excluding carboxylic acids is 3. The molecule has 0 aromatic heterocycles. The van der Waals surface area contributed by atoms with Crippen molar-refractivity contribution in [3.05, 3.63) is 58.7 Å². The van der Waals surface area contributed by atoms with Gasteiger partial charge in [0.2, 0.25) is 0 Å². The summed E-state index contributed by atoms with van der Waals surface area (Å²) in [4.78, 5) is 34.1. The van der Waals surface area contributed by atoms with Crippen molar-refractivity contribution in [3.8, 4) is 0 Å². The Morgan fingerprint density at radius 3 is 2.16 bits per heavy atom. The summed E-state index contributed by atoms with van der Waals surface area (Å²) in [5, 5.41) is 17.6. The van der Waals surface area contributed by atoms with E-state index in [-0.39, 0.29) is 43.6 Å². The number of carbonyl (C=O) groups is 3. The fraction of sp³-hybridized carbons (Fsp3) is 0.286. The third kappa shape index (κ3) is 10.4. The molecule has 1 aliphatic rings. The van der Waals surface area contributed by atoms with Gasteiger partial charge < -0.3 is 28.3 Å². The van der Waals surface area contributed by atoms with Gasteiger partial charge in [-0.05, 0) is 57.0 Å². The first-order chi connectivity index (χ1) is 14.1. The van der Waals surface area contributed by atoms with Gasteiger partial charge in [0.25, 0.3) is 11.8 Å². The second-order valence-electron chi connectivity index (χ2n) is 6.65. The van der Waals surface area contributed by atoms with Gasteiger partial charge in [0.05, 0.1) is 23.6 Å². The first-order valence-corrected chi connectivity index (χ1v) is 9.52. The number of allylic oxidation sites excluding steroid dienone is 4. The van der Waals surface area contributed by atoms with Gasteiger partial charge >= 0.3 is 27.3 Å². The van der Waals surface area contributed by atoms with Crippen molar-refractivity contribution in [2.75, 3.05) is 6.54 Å². The van der Waals surface area contributed by atoms with Gasteiger partial charge in [-0.3, -0.25) is 14.5 Å². The molecule has 10 heteroatoms. The summed E-state index contributed by atoms with van der Waals surface area (Å²) in [5.74, 6) is -2.62. The molecule has 2 rings (SSSR count). The van der Waals surface area contributed by atoms with Gasteiger partial charge in [-0.25, -0.2) is 0 Å². The molecule has 0 spiro atoms. The van der Waals surface area contributed by atoms with Gasteiger partial charge in [0, 0.05) is 6.21 Å². The maximum Gasteiger partial charge on any atom is 2.00 e. The molecule has 1 aromatic carbocycles. The molecule has 0 bridgehead atoms. The Morgan fingerprint density at radius 2 is 1.71 bits per heavy atom. The number of amidine groups is 1. The minimum atomic E-state index is -1.45. The number of rotatable bonds is 7. The Hall–Kier alpha value is -2.41. The number of nitrogens with zero attached hydrogens (tertiary/aromatic N) is 3. The minimum Gasteiger partial charge on any atom is -0.741 e. The Kier molecular flexibility index (Phi) is 13.4. The molecule has 1 aliphatic heterocycles. The van der Waals surface area contributed by atoms with Crippen molar-refractivity contribution in [1.29, 1.82) is 0 Å². The molecule has 2 amide bonds. The third-order valence-electron chi connectivity index (χ3n) is 3.84. The molecule has 0 aliphatic carbocycles. The predicted octanol–water partition coefficient (Wildman–Crippen LogP) is 1.56. The number of fused-ring (bicyclic) bond motifs is 1. The SMILES string of the molecule is CC(C)=CCC\C(C)=C/C=N/N=C(/N)[S-].O=C([O-])CN1C(=O)c2ccccc2C1=O.[Cd+2]. The molecule has 2 N–H and O–H groups in total. The molecule has 0 unspecified atom stereocenters. The average Bonchev–Trinajstić information content (AvgIpc) is 2.90. The van der Waals surface area contributed by atoms with E-state index in [1.807, 2.05) is 6.08 Å². The fourth-order valence-electron chi connectivity index (χ4n) is 2.43. The van der Waals surface area contributed by atoms with Crippen molar-refractivity contribution in [2.24, 2.45) is 15.9 Å². The van der Waals surface area contributed by atoms with Crippen LogP contribution in [0.4, 0.5) is 0 Å². The monoisotopic (exact) mass is 542 g/mol. The van der Waals surface area contributed by atoms with Crippen LogP contribution in [0.1, 0.15) is 54.3 Å². The zero-order valence-electron chi connectivity index (χ0n) is 17.8. The number of hydrogen-bond acceptors (Lipinski definition) is 7. The zero-order valence-corrected chi connectivity index (χ0v) is 22.7. The zero-order chi connectivity index (χ0) is 22.7. The van der Waals surface area contributed by atoms with E-state index in [9.17, 15) is 19.5 Å². The Bertz CT molecular complexity index is 883. The molecule has 0 fully saturated rings. The molecular weight excluding hydrogens is 517 g/mol. The molecule has 160 valence electrons. The molecule has 0 radical (unpaired) electrons. The molecule has 8 nitrogen and oxygen atoms in total. The van der Waals surface area contributed by atoms with Crippen LogP contribution in [0.3, 0.4) is 0 Å². The Balaban J connectivity index is 0.000000562. The summed E-state index contributed by atoms with van der Waals surface area (Å²) in [6, 6.07) is 6.22. The fourth-order valence-corrected chi connectivity index (χ4v) is 2.48. The quantitative estimate of drug-likeness (QED) is 0.106. The van der Waals surface area contributed by atoms with Crippen LogP contribution in [0.25, 0.3) is 0 Å². The summed E-state index contributed by atoms with van der Waals surface area (Å²) in [7, 11) is 0. The maximum atomic E-state index is 11.6. The summed E-state index contributed by atoms with van der Waals surface area (Å²) < 4.78 is 0. The smallest absolute Gasteiger partial charge is 0.741 e. The largest absolute Gasteiger partial charge is 2.00 e. The Morgan fingerprint density at radius 1 is 1.16 bits per heavy atom. The maximum absolute atomic E-state index is 11.6. The summed E-state index contributed by atoms with van der Waals surface area (Å²) in [6.07, 6.45) is 7.83. The molecule has 1 aromatic rings. The molecule has 1 heterocycles. The number of amides is 2. The molecule has 0 saturated heterocycles. The van der Waals surface area contributed by atoms with Crippen LogP contribution in [0.2, 0.25) is 0 Å². The summed E-state index contributed by atoms with van der Waals surface area (Å²) in [6.45, 7) is 5.56. The van der Waals surface area contributed by atoms with Crippen LogP contribution >= 0.6 is 0 Å². The minimum absolute atomic E-state index is 0. The first kappa shape index (κ1) is 28.6. The molecular formula is C21H24CdN4O4S. The number of hydrogen-bond donors (Lipinski definition) is 1. The van der Waals surface area contributed by atoms with Gasteiger partial charge in [0.1, 0.15) is 0 Å². The number of aliphatic carboxylic acids is 1. The van der Waals surface area contributed by atoms with Crippen molar-refractivity contribution >= 4 is 41.8 Å². The van der Waals surface area contributed by atoms with Crippen molar-refractivity contribution in [2.45, 2.75) is 33.6 Å². The molecule has 0 atom stereocenters. The van der Waals surface area contributed by atoms with Gasteiger partial charge in [0.15, 0.2) is 0 Å². The van der Waals surface area contributed by atoms with E-state index in [2.05, 4.69) is 49.7 Å². The Labute approximate surface area is 207 Å². The molecule has 31 heavy (non-hydrogen) atoms. The van der Waals surface area contributed by atoms with Crippen LogP contribution in [0.15, 0.2) is 57.8 Å². The van der Waals surface area contributed by atoms with Crippen molar-refractivity contribution < 1.29 is 46.8 Å². The topological polar surface area (TPSA) is 128 Å². The first-order valence-electron chi connectivity index (χ1n) is 9.11. The standard InChI is InChI=1S/C11H19N3S.C10H7NO4.Cd/c1-9(2)5-4-6-10(3)7-8-13-14-11(12)15;12-8(13)5-11-9(14)6-3-1-2-4-7(6)10(11)15;/h5,7-8H,4,6H2,1-3H3,(H3,12,14,15);1-4H,5H2,(H,12,13);/q;;+2/p-2/b10-7-,13-8+;;. The predicted molar refractivity (Wildman–Crippen MR) is 117 cm³/mol. The summed E-state index contributed by atoms with van der Waals surface area (Å²) in [5.41, 5.74) is 8.23. The van der Waals surface area contributed by atoms with E-state index in [4.69, 9.17) is 5.73 Å². The van der Waals surface area contributed by atoms with Crippen LogP contribution in [0, 0.1) is 0 Å². The molecule has 0 saturated carbocycles. The second-order valence-corrected chi connectivity index (χ2v) is 7.07. The van der Waals surface area contributed by atoms with Crippen LogP contribution in [0.5, 0.6) is 0 Å². The number of benzene rings is 1. The van der Waals surface area contributed by atoms with Gasteiger partial charge in [-0.1, -0.05) is 29.4 Å². The van der Waals surface area contributed by atoms with Gasteiger partial charge in [-0.15, -0.1) is 0 Å². The normalized spacial score (nSPS) is 13.3. The van der Waals surface area contributed by atoms with E-state index in [0.717, 1.165) is 12.8 Å². The number of nitrogens with two attached hydrogens (primary N) is 1. The summed E-state index contributed by atoms with van der Waals surface area (Å²) >= 11 is 4.54. The number of carboxylic acids is 1. The van der Waals surface area contributed by atoms with Crippen LogP contribution < -0.4 is 10.8 Å². The van der Waals surface area contributed by atoms with E-state index in [0.29, 0.717) is 4.90 Å². The van der Waals surface area contributed by atoms with Crippen molar-refractivity contribution in [1.82, 2.24) is 4.90 Å². The van der Waals surface area contributed by atoms with Crippen LogP contribution in [-0.4, -0.2) is 40.6 Å². The number of imide groups is 1. The van der Waals surface area contributed by atoms with E-state index < -0.39 is 24.3 Å². The van der Waals surface area contributed by atoms with E-state index >= 15 is 0 Å². The second kappa shape index (κ2) is 14.6.